The maximum atomic E-state index is 13.4. The van der Waals surface area contributed by atoms with Gasteiger partial charge < -0.3 is 11.1 Å². The monoisotopic (exact) mass is 338 g/mol. The smallest absolute Gasteiger partial charge is 0.239 e. The second-order valence-corrected chi connectivity index (χ2v) is 8.95. The molecule has 0 aliphatic carbocycles. The number of carbonyl (C=O) groups excluding carboxylic acids is 1. The van der Waals surface area contributed by atoms with Crippen molar-refractivity contribution in [2.24, 2.45) is 0 Å². The lowest BCUT2D eigenvalue weighted by atomic mass is 10.2. The molecular formula is C11H15FN2O5S2. The van der Waals surface area contributed by atoms with Crippen molar-refractivity contribution in [2.75, 3.05) is 34.6 Å². The molecule has 0 atom stereocenters. The zero-order valence-corrected chi connectivity index (χ0v) is 12.8. The lowest BCUT2D eigenvalue weighted by Crippen LogP contribution is -2.27. The third kappa shape index (κ3) is 6.54. The van der Waals surface area contributed by atoms with Crippen LogP contribution in [0, 0.1) is 5.82 Å². The minimum Gasteiger partial charge on any atom is -0.399 e. The minimum atomic E-state index is -3.90. The van der Waals surface area contributed by atoms with Crippen LogP contribution in [0.2, 0.25) is 0 Å². The van der Waals surface area contributed by atoms with Crippen LogP contribution < -0.4 is 11.1 Å². The SMILES string of the molecule is CS(=O)(=O)CCS(=O)(=O)CC(=O)Nc1cc(N)ccc1F. The van der Waals surface area contributed by atoms with Gasteiger partial charge in [-0.25, -0.2) is 21.2 Å². The first-order valence-corrected chi connectivity index (χ1v) is 9.60. The van der Waals surface area contributed by atoms with E-state index in [0.717, 1.165) is 18.4 Å². The molecule has 0 aromatic heterocycles. The predicted molar refractivity (Wildman–Crippen MR) is 77.8 cm³/mol. The first-order chi connectivity index (χ1) is 9.48. The normalized spacial score (nSPS) is 12.1. The Morgan fingerprint density at radius 1 is 1.24 bits per heavy atom. The van der Waals surface area contributed by atoms with Crippen molar-refractivity contribution < 1.29 is 26.0 Å². The summed E-state index contributed by atoms with van der Waals surface area (Å²) in [6.07, 6.45) is 0.894. The molecular weight excluding hydrogens is 323 g/mol. The highest BCUT2D eigenvalue weighted by Gasteiger charge is 2.20. The largest absolute Gasteiger partial charge is 0.399 e. The highest BCUT2D eigenvalue weighted by atomic mass is 32.2. The molecule has 0 aliphatic rings. The van der Waals surface area contributed by atoms with Crippen molar-refractivity contribution in [3.8, 4) is 0 Å². The number of amides is 1. The second kappa shape index (κ2) is 6.39. The number of nitrogens with one attached hydrogen (secondary N) is 1. The molecule has 10 heteroatoms. The summed E-state index contributed by atoms with van der Waals surface area (Å²) in [5.41, 5.74) is 5.39. The van der Waals surface area contributed by atoms with Crippen molar-refractivity contribution in [1.29, 1.82) is 0 Å². The van der Waals surface area contributed by atoms with Crippen molar-refractivity contribution in [2.45, 2.75) is 0 Å². The second-order valence-electron chi connectivity index (χ2n) is 4.51. The molecule has 3 N–H and O–H groups in total. The highest BCUT2D eigenvalue weighted by Crippen LogP contribution is 2.17. The first-order valence-electron chi connectivity index (χ1n) is 5.71. The number of hydrogen-bond donors (Lipinski definition) is 2. The Morgan fingerprint density at radius 2 is 1.86 bits per heavy atom. The van der Waals surface area contributed by atoms with Gasteiger partial charge in [-0.05, 0) is 18.2 Å². The number of hydrogen-bond acceptors (Lipinski definition) is 6. The van der Waals surface area contributed by atoms with Gasteiger partial charge in [-0.2, -0.15) is 0 Å². The summed E-state index contributed by atoms with van der Waals surface area (Å²) in [5.74, 6) is -3.90. The summed E-state index contributed by atoms with van der Waals surface area (Å²) in [6, 6.07) is 3.47. The van der Waals surface area contributed by atoms with E-state index in [0.29, 0.717) is 0 Å². The van der Waals surface area contributed by atoms with Crippen LogP contribution in [-0.4, -0.2) is 46.3 Å². The maximum absolute atomic E-state index is 13.4. The van der Waals surface area contributed by atoms with Crippen LogP contribution in [0.25, 0.3) is 0 Å². The van der Waals surface area contributed by atoms with Crippen molar-refractivity contribution in [3.05, 3.63) is 24.0 Å². The lowest BCUT2D eigenvalue weighted by Gasteiger charge is -2.08. The van der Waals surface area contributed by atoms with Crippen LogP contribution in [0.1, 0.15) is 0 Å². The van der Waals surface area contributed by atoms with Crippen LogP contribution in [0.3, 0.4) is 0 Å². The van der Waals surface area contributed by atoms with Gasteiger partial charge in [0, 0.05) is 11.9 Å². The average molecular weight is 338 g/mol. The van der Waals surface area contributed by atoms with E-state index in [2.05, 4.69) is 5.32 Å². The van der Waals surface area contributed by atoms with Gasteiger partial charge in [0.1, 0.15) is 21.4 Å². The number of nitrogens with two attached hydrogens (primary N) is 1. The van der Waals surface area contributed by atoms with Gasteiger partial charge in [0.2, 0.25) is 5.91 Å². The third-order valence-corrected chi connectivity index (χ3v) is 5.11. The molecule has 118 valence electrons. The molecule has 0 unspecified atom stereocenters. The van der Waals surface area contributed by atoms with Gasteiger partial charge >= 0.3 is 0 Å². The van der Waals surface area contributed by atoms with E-state index in [9.17, 15) is 26.0 Å². The molecule has 0 heterocycles. The highest BCUT2D eigenvalue weighted by molar-refractivity contribution is 7.95. The van der Waals surface area contributed by atoms with Gasteiger partial charge in [0.25, 0.3) is 0 Å². The quantitative estimate of drug-likeness (QED) is 0.693. The molecule has 1 aromatic carbocycles. The fraction of sp³-hybridized carbons (Fsp3) is 0.364. The van der Waals surface area contributed by atoms with Gasteiger partial charge in [-0.15, -0.1) is 0 Å². The molecule has 0 aliphatic heterocycles. The Bertz CT molecular complexity index is 744. The van der Waals surface area contributed by atoms with Crippen LogP contribution in [0.4, 0.5) is 15.8 Å². The Hall–Kier alpha value is -1.68. The van der Waals surface area contributed by atoms with E-state index >= 15 is 0 Å². The van der Waals surface area contributed by atoms with Gasteiger partial charge in [-0.3, -0.25) is 4.79 Å². The number of nitrogen functional groups attached to an aromatic ring is 1. The fourth-order valence-corrected chi connectivity index (χ4v) is 4.22. The summed E-state index contributed by atoms with van der Waals surface area (Å²) < 4.78 is 58.4. The Kier molecular flexibility index (Phi) is 5.29. The van der Waals surface area contributed by atoms with E-state index in [-0.39, 0.29) is 11.4 Å². The Balaban J connectivity index is 2.71. The van der Waals surface area contributed by atoms with E-state index in [1.54, 1.807) is 0 Å². The third-order valence-electron chi connectivity index (χ3n) is 2.38. The molecule has 7 nitrogen and oxygen atoms in total. The summed E-state index contributed by atoms with van der Waals surface area (Å²) in [4.78, 5) is 11.6. The van der Waals surface area contributed by atoms with Crippen LogP contribution in [-0.2, 0) is 24.5 Å². The van der Waals surface area contributed by atoms with Crippen molar-refractivity contribution >= 4 is 37.0 Å². The van der Waals surface area contributed by atoms with Crippen LogP contribution in [0.15, 0.2) is 18.2 Å². The molecule has 0 spiro atoms. The Labute approximate surface area is 122 Å². The van der Waals surface area contributed by atoms with E-state index < -0.39 is 48.7 Å². The molecule has 0 bridgehead atoms. The molecule has 0 saturated carbocycles. The summed E-state index contributed by atoms with van der Waals surface area (Å²) in [6.45, 7) is 0. The number of rotatable bonds is 6. The van der Waals surface area contributed by atoms with Gasteiger partial charge in [0.15, 0.2) is 9.84 Å². The average Bonchev–Trinajstić information content (AvgIpc) is 2.30. The molecule has 1 aromatic rings. The fourth-order valence-electron chi connectivity index (χ4n) is 1.38. The molecule has 0 radical (unpaired) electrons. The summed E-state index contributed by atoms with van der Waals surface area (Å²) in [5, 5.41) is 2.08. The minimum absolute atomic E-state index is 0.201. The summed E-state index contributed by atoms with van der Waals surface area (Å²) in [7, 11) is -7.35. The van der Waals surface area contributed by atoms with Gasteiger partial charge in [-0.1, -0.05) is 0 Å². The molecule has 0 fully saturated rings. The summed E-state index contributed by atoms with van der Waals surface area (Å²) >= 11 is 0. The lowest BCUT2D eigenvalue weighted by molar-refractivity contribution is -0.113. The van der Waals surface area contributed by atoms with Crippen molar-refractivity contribution in [1.82, 2.24) is 0 Å². The predicted octanol–water partition coefficient (Wildman–Crippen LogP) is -0.194. The molecule has 21 heavy (non-hydrogen) atoms. The zero-order valence-electron chi connectivity index (χ0n) is 11.2. The molecule has 1 amide bonds. The topological polar surface area (TPSA) is 123 Å². The molecule has 1 rings (SSSR count). The maximum Gasteiger partial charge on any atom is 0.239 e. The van der Waals surface area contributed by atoms with Crippen LogP contribution in [0.5, 0.6) is 0 Å². The van der Waals surface area contributed by atoms with Crippen LogP contribution >= 0.6 is 0 Å². The van der Waals surface area contributed by atoms with Crippen molar-refractivity contribution in [3.63, 3.8) is 0 Å². The van der Waals surface area contributed by atoms with Gasteiger partial charge in [0.05, 0.1) is 17.2 Å². The first kappa shape index (κ1) is 17.4. The van der Waals surface area contributed by atoms with E-state index in [1.165, 1.54) is 6.07 Å². The number of benzene rings is 1. The standard InChI is InChI=1S/C11H15FN2O5S2/c1-20(16,17)4-5-21(18,19)7-11(15)14-10-6-8(13)2-3-9(10)12/h2-3,6H,4-5,7,13H2,1H3,(H,14,15). The van der Waals surface area contributed by atoms with E-state index in [4.69, 9.17) is 5.73 Å². The number of anilines is 2. The number of carbonyl (C=O) groups is 1. The number of halogens is 1. The molecule has 0 saturated heterocycles. The van der Waals surface area contributed by atoms with E-state index in [1.807, 2.05) is 0 Å². The zero-order chi connectivity index (χ0) is 16.3. The Morgan fingerprint density at radius 3 is 2.43 bits per heavy atom. The number of sulfone groups is 2.